The van der Waals surface area contributed by atoms with E-state index in [2.05, 4.69) is 25.8 Å². The third-order valence-corrected chi connectivity index (χ3v) is 4.49. The molecule has 3 nitrogen and oxygen atoms in total. The maximum absolute atomic E-state index is 11.8. The minimum Gasteiger partial charge on any atom is -0.423 e. The van der Waals surface area contributed by atoms with Crippen LogP contribution in [0, 0.1) is 0 Å². The SMILES string of the molecule is CCc1cc2oc(=O)cc(CN(C)[C@H](C)CC)c2cc1Cl. The number of rotatable bonds is 5. The quantitative estimate of drug-likeness (QED) is 0.775. The molecule has 0 saturated heterocycles. The van der Waals surface area contributed by atoms with Crippen molar-refractivity contribution in [1.82, 2.24) is 4.90 Å². The fourth-order valence-electron chi connectivity index (χ4n) is 2.43. The number of hydrogen-bond acceptors (Lipinski definition) is 3. The van der Waals surface area contributed by atoms with Gasteiger partial charge in [-0.15, -0.1) is 0 Å². The van der Waals surface area contributed by atoms with Gasteiger partial charge in [0.2, 0.25) is 0 Å². The van der Waals surface area contributed by atoms with Crippen molar-refractivity contribution in [3.05, 3.63) is 44.8 Å². The molecule has 0 unspecified atom stereocenters. The summed E-state index contributed by atoms with van der Waals surface area (Å²) < 4.78 is 5.34. The summed E-state index contributed by atoms with van der Waals surface area (Å²) in [4.78, 5) is 14.0. The molecule has 0 aliphatic carbocycles. The average molecular weight is 308 g/mol. The lowest BCUT2D eigenvalue weighted by molar-refractivity contribution is 0.244. The van der Waals surface area contributed by atoms with Gasteiger partial charge in [0, 0.05) is 29.1 Å². The van der Waals surface area contributed by atoms with Crippen LogP contribution < -0.4 is 5.63 Å². The zero-order valence-corrected chi connectivity index (χ0v) is 13.8. The van der Waals surface area contributed by atoms with Crippen molar-refractivity contribution in [1.29, 1.82) is 0 Å². The van der Waals surface area contributed by atoms with Crippen molar-refractivity contribution in [2.24, 2.45) is 0 Å². The number of benzene rings is 1. The Morgan fingerprint density at radius 2 is 1.95 bits per heavy atom. The van der Waals surface area contributed by atoms with E-state index in [1.54, 1.807) is 6.07 Å². The third kappa shape index (κ3) is 3.47. The van der Waals surface area contributed by atoms with E-state index in [1.807, 2.05) is 19.1 Å². The van der Waals surface area contributed by atoms with Crippen LogP contribution in [0.1, 0.15) is 38.3 Å². The predicted molar refractivity (Wildman–Crippen MR) is 88.1 cm³/mol. The maximum atomic E-state index is 11.8. The monoisotopic (exact) mass is 307 g/mol. The second-order valence-corrected chi connectivity index (χ2v) is 5.96. The first-order valence-corrected chi connectivity index (χ1v) is 7.79. The molecule has 0 amide bonds. The molecule has 21 heavy (non-hydrogen) atoms. The van der Waals surface area contributed by atoms with Gasteiger partial charge in [0.05, 0.1) is 0 Å². The molecule has 2 rings (SSSR count). The Morgan fingerprint density at radius 3 is 2.57 bits per heavy atom. The summed E-state index contributed by atoms with van der Waals surface area (Å²) in [5.41, 5.74) is 2.28. The Bertz CT molecular complexity index is 693. The molecular formula is C17H22ClNO2. The molecule has 0 radical (unpaired) electrons. The van der Waals surface area contributed by atoms with E-state index in [0.717, 1.165) is 34.4 Å². The van der Waals surface area contributed by atoms with Crippen molar-refractivity contribution >= 4 is 22.6 Å². The van der Waals surface area contributed by atoms with E-state index in [4.69, 9.17) is 16.0 Å². The first-order chi connectivity index (χ1) is 9.96. The molecule has 2 aromatic rings. The lowest BCUT2D eigenvalue weighted by atomic mass is 10.1. The summed E-state index contributed by atoms with van der Waals surface area (Å²) in [5.74, 6) is 0. The summed E-state index contributed by atoms with van der Waals surface area (Å²) in [6.45, 7) is 7.07. The van der Waals surface area contributed by atoms with E-state index < -0.39 is 0 Å². The average Bonchev–Trinajstić information content (AvgIpc) is 2.46. The van der Waals surface area contributed by atoms with Crippen LogP contribution in [-0.4, -0.2) is 18.0 Å². The van der Waals surface area contributed by atoms with Crippen LogP contribution in [0.4, 0.5) is 0 Å². The minimum atomic E-state index is -0.306. The Kier molecular flexibility index (Phi) is 5.07. The number of hydrogen-bond donors (Lipinski definition) is 0. The number of fused-ring (bicyclic) bond motifs is 1. The van der Waals surface area contributed by atoms with Gasteiger partial charge in [-0.05, 0) is 50.1 Å². The van der Waals surface area contributed by atoms with Crippen LogP contribution in [0.2, 0.25) is 5.02 Å². The molecule has 0 bridgehead atoms. The van der Waals surface area contributed by atoms with E-state index in [1.165, 1.54) is 0 Å². The van der Waals surface area contributed by atoms with Crippen molar-refractivity contribution in [2.45, 2.75) is 46.2 Å². The largest absolute Gasteiger partial charge is 0.423 e. The topological polar surface area (TPSA) is 33.5 Å². The first kappa shape index (κ1) is 16.1. The number of nitrogens with zero attached hydrogens (tertiary/aromatic N) is 1. The molecule has 0 N–H and O–H groups in total. The van der Waals surface area contributed by atoms with Crippen molar-refractivity contribution in [3.63, 3.8) is 0 Å². The molecule has 0 saturated carbocycles. The Hall–Kier alpha value is -1.32. The molecule has 114 valence electrons. The molecule has 0 aliphatic heterocycles. The predicted octanol–water partition coefficient (Wildman–Crippen LogP) is 4.24. The minimum absolute atomic E-state index is 0.306. The molecule has 1 aromatic carbocycles. The molecule has 1 atom stereocenters. The Labute approximate surface area is 130 Å². The smallest absolute Gasteiger partial charge is 0.336 e. The number of halogens is 1. The normalized spacial score (nSPS) is 13.0. The molecule has 0 aliphatic rings. The summed E-state index contributed by atoms with van der Waals surface area (Å²) in [5, 5.41) is 1.65. The van der Waals surface area contributed by atoms with Gasteiger partial charge >= 0.3 is 5.63 Å². The summed E-state index contributed by atoms with van der Waals surface area (Å²) in [6.07, 6.45) is 1.88. The highest BCUT2D eigenvalue weighted by molar-refractivity contribution is 6.32. The molecule has 0 spiro atoms. The molecule has 1 aromatic heterocycles. The second kappa shape index (κ2) is 6.63. The highest BCUT2D eigenvalue weighted by atomic mass is 35.5. The van der Waals surface area contributed by atoms with Crippen molar-refractivity contribution in [3.8, 4) is 0 Å². The summed E-state index contributed by atoms with van der Waals surface area (Å²) >= 11 is 6.31. The van der Waals surface area contributed by atoms with Gasteiger partial charge in [-0.1, -0.05) is 25.4 Å². The van der Waals surface area contributed by atoms with Gasteiger partial charge in [-0.2, -0.15) is 0 Å². The fraction of sp³-hybridized carbons (Fsp3) is 0.471. The lowest BCUT2D eigenvalue weighted by Gasteiger charge is -2.24. The van der Waals surface area contributed by atoms with Crippen LogP contribution >= 0.6 is 11.6 Å². The zero-order chi connectivity index (χ0) is 15.6. The lowest BCUT2D eigenvalue weighted by Crippen LogP contribution is -2.28. The maximum Gasteiger partial charge on any atom is 0.336 e. The standard InChI is InChI=1S/C17H22ClNO2/c1-5-11(3)19(4)10-13-8-17(20)21-16-7-12(6-2)15(18)9-14(13)16/h7-9,11H,5-6,10H2,1-4H3/t11-/m1/s1. The first-order valence-electron chi connectivity index (χ1n) is 7.41. The van der Waals surface area contributed by atoms with Gasteiger partial charge < -0.3 is 4.42 Å². The zero-order valence-electron chi connectivity index (χ0n) is 13.1. The van der Waals surface area contributed by atoms with E-state index >= 15 is 0 Å². The summed E-state index contributed by atoms with van der Waals surface area (Å²) in [6, 6.07) is 5.82. The van der Waals surface area contributed by atoms with Crippen LogP contribution in [-0.2, 0) is 13.0 Å². The van der Waals surface area contributed by atoms with Crippen LogP contribution in [0.25, 0.3) is 11.0 Å². The molecule has 0 fully saturated rings. The second-order valence-electron chi connectivity index (χ2n) is 5.56. The van der Waals surface area contributed by atoms with Crippen LogP contribution in [0.15, 0.2) is 27.4 Å². The van der Waals surface area contributed by atoms with Gasteiger partial charge in [0.15, 0.2) is 0 Å². The molecular weight excluding hydrogens is 286 g/mol. The summed E-state index contributed by atoms with van der Waals surface area (Å²) in [7, 11) is 2.07. The van der Waals surface area contributed by atoms with Gasteiger partial charge in [0.25, 0.3) is 0 Å². The Morgan fingerprint density at radius 1 is 1.24 bits per heavy atom. The Balaban J connectivity index is 2.52. The van der Waals surface area contributed by atoms with E-state index in [0.29, 0.717) is 18.2 Å². The van der Waals surface area contributed by atoms with E-state index in [9.17, 15) is 4.79 Å². The van der Waals surface area contributed by atoms with Crippen molar-refractivity contribution in [2.75, 3.05) is 7.05 Å². The highest BCUT2D eigenvalue weighted by Crippen LogP contribution is 2.27. The van der Waals surface area contributed by atoms with Crippen LogP contribution in [0.3, 0.4) is 0 Å². The van der Waals surface area contributed by atoms with E-state index in [-0.39, 0.29) is 5.63 Å². The van der Waals surface area contributed by atoms with Gasteiger partial charge in [-0.25, -0.2) is 4.79 Å². The van der Waals surface area contributed by atoms with Crippen molar-refractivity contribution < 1.29 is 4.42 Å². The van der Waals surface area contributed by atoms with Gasteiger partial charge in [0.1, 0.15) is 5.58 Å². The van der Waals surface area contributed by atoms with Gasteiger partial charge in [-0.3, -0.25) is 4.90 Å². The third-order valence-electron chi connectivity index (χ3n) is 4.14. The fourth-order valence-corrected chi connectivity index (χ4v) is 2.72. The van der Waals surface area contributed by atoms with Crippen LogP contribution in [0.5, 0.6) is 0 Å². The molecule has 4 heteroatoms. The molecule has 1 heterocycles. The number of aryl methyl sites for hydroxylation is 1. The highest BCUT2D eigenvalue weighted by Gasteiger charge is 2.13.